The lowest BCUT2D eigenvalue weighted by atomic mass is 10.1. The molecule has 7 nitrogen and oxygen atoms in total. The van der Waals surface area contributed by atoms with Gasteiger partial charge in [0.2, 0.25) is 5.95 Å². The maximum Gasteiger partial charge on any atom is 0.316 e. The highest BCUT2D eigenvalue weighted by Crippen LogP contribution is 2.39. The Morgan fingerprint density at radius 3 is 2.44 bits per heavy atom. The molecule has 1 aliphatic rings. The van der Waals surface area contributed by atoms with Crippen molar-refractivity contribution in [1.82, 2.24) is 25.1 Å². The fraction of sp³-hybridized carbons (Fsp3) is 0.250. The minimum atomic E-state index is 0.283. The van der Waals surface area contributed by atoms with Crippen molar-refractivity contribution in [3.8, 4) is 17.1 Å². The van der Waals surface area contributed by atoms with Gasteiger partial charge in [-0.15, -0.1) is 5.10 Å². The summed E-state index contributed by atoms with van der Waals surface area (Å²) in [5.74, 6) is 1.91. The van der Waals surface area contributed by atoms with Crippen molar-refractivity contribution in [2.24, 2.45) is 0 Å². The van der Waals surface area contributed by atoms with E-state index in [1.807, 2.05) is 0 Å². The van der Waals surface area contributed by atoms with Crippen molar-refractivity contribution in [2.45, 2.75) is 18.8 Å². The number of halogens is 2. The van der Waals surface area contributed by atoms with Crippen LogP contribution in [0.5, 0.6) is 6.01 Å². The second-order valence-electron chi connectivity index (χ2n) is 5.72. The maximum absolute atomic E-state index is 6.41. The fourth-order valence-corrected chi connectivity index (χ4v) is 3.18. The Morgan fingerprint density at radius 1 is 1.16 bits per heavy atom. The SMILES string of the molecule is COc1ncc(-c2c(Cl)cc(Nc3n[nH]c(C4CC4)n3)cc2Cl)cn1. The molecule has 2 N–H and O–H groups in total. The standard InChI is InChI=1S/C16H14Cl2N6O/c1-25-16-19-6-9(7-20-16)13-11(17)4-10(5-12(13)18)21-15-22-14(23-24-15)8-2-3-8/h4-8H,2-3H2,1H3,(H2,21,22,23,24). The molecule has 1 fully saturated rings. The van der Waals surface area contributed by atoms with E-state index >= 15 is 0 Å². The average Bonchev–Trinajstić information content (AvgIpc) is 3.35. The Hall–Kier alpha value is -2.38. The molecule has 0 aliphatic heterocycles. The number of H-pyrrole nitrogens is 1. The first-order valence-electron chi connectivity index (χ1n) is 7.69. The van der Waals surface area contributed by atoms with Crippen LogP contribution in [0, 0.1) is 0 Å². The summed E-state index contributed by atoms with van der Waals surface area (Å²) in [7, 11) is 1.51. The van der Waals surface area contributed by atoms with Crippen LogP contribution in [-0.4, -0.2) is 32.3 Å². The third kappa shape index (κ3) is 3.38. The molecule has 0 bridgehead atoms. The van der Waals surface area contributed by atoms with Crippen molar-refractivity contribution in [3.05, 3.63) is 40.4 Å². The molecule has 0 unspecified atom stereocenters. The van der Waals surface area contributed by atoms with Gasteiger partial charge in [0, 0.05) is 35.1 Å². The highest BCUT2D eigenvalue weighted by atomic mass is 35.5. The minimum absolute atomic E-state index is 0.283. The highest BCUT2D eigenvalue weighted by molar-refractivity contribution is 6.39. The van der Waals surface area contributed by atoms with E-state index in [0.717, 1.165) is 18.7 Å². The molecule has 0 amide bonds. The zero-order valence-electron chi connectivity index (χ0n) is 13.3. The molecule has 25 heavy (non-hydrogen) atoms. The first kappa shape index (κ1) is 16.1. The van der Waals surface area contributed by atoms with Gasteiger partial charge in [-0.25, -0.2) is 9.97 Å². The van der Waals surface area contributed by atoms with Crippen molar-refractivity contribution < 1.29 is 4.74 Å². The number of rotatable bonds is 5. The number of methoxy groups -OCH3 is 1. The van der Waals surface area contributed by atoms with E-state index in [4.69, 9.17) is 27.9 Å². The van der Waals surface area contributed by atoms with Crippen LogP contribution in [0.2, 0.25) is 10.0 Å². The Kier molecular flexibility index (Phi) is 4.19. The van der Waals surface area contributed by atoms with E-state index < -0.39 is 0 Å². The molecule has 1 aromatic carbocycles. The van der Waals surface area contributed by atoms with Crippen LogP contribution in [-0.2, 0) is 0 Å². The lowest BCUT2D eigenvalue weighted by molar-refractivity contribution is 0.380. The lowest BCUT2D eigenvalue weighted by Gasteiger charge is -2.10. The number of nitrogens with zero attached hydrogens (tertiary/aromatic N) is 4. The van der Waals surface area contributed by atoms with Gasteiger partial charge in [-0.3, -0.25) is 5.10 Å². The van der Waals surface area contributed by atoms with E-state index in [1.54, 1.807) is 24.5 Å². The van der Waals surface area contributed by atoms with Gasteiger partial charge in [0.1, 0.15) is 5.82 Å². The van der Waals surface area contributed by atoms with Crippen LogP contribution in [0.25, 0.3) is 11.1 Å². The van der Waals surface area contributed by atoms with Gasteiger partial charge >= 0.3 is 6.01 Å². The van der Waals surface area contributed by atoms with E-state index in [0.29, 0.717) is 38.7 Å². The van der Waals surface area contributed by atoms with E-state index in [-0.39, 0.29) is 6.01 Å². The Bertz CT molecular complexity index is 884. The van der Waals surface area contributed by atoms with Crippen LogP contribution < -0.4 is 10.1 Å². The quantitative estimate of drug-likeness (QED) is 0.693. The molecule has 1 aliphatic carbocycles. The van der Waals surface area contributed by atoms with Gasteiger partial charge in [-0.2, -0.15) is 4.98 Å². The zero-order chi connectivity index (χ0) is 17.4. The van der Waals surface area contributed by atoms with Crippen LogP contribution in [0.3, 0.4) is 0 Å². The van der Waals surface area contributed by atoms with Gasteiger partial charge in [0.05, 0.1) is 17.2 Å². The van der Waals surface area contributed by atoms with E-state index in [9.17, 15) is 0 Å². The minimum Gasteiger partial charge on any atom is -0.467 e. The smallest absolute Gasteiger partial charge is 0.316 e. The fourth-order valence-electron chi connectivity index (χ4n) is 2.47. The molecule has 0 atom stereocenters. The predicted molar refractivity (Wildman–Crippen MR) is 95.7 cm³/mol. The topological polar surface area (TPSA) is 88.6 Å². The van der Waals surface area contributed by atoms with Crippen LogP contribution in [0.15, 0.2) is 24.5 Å². The third-order valence-electron chi connectivity index (χ3n) is 3.86. The summed E-state index contributed by atoms with van der Waals surface area (Å²) < 4.78 is 4.96. The van der Waals surface area contributed by atoms with Crippen LogP contribution in [0.1, 0.15) is 24.6 Å². The normalized spacial score (nSPS) is 13.7. The first-order valence-corrected chi connectivity index (χ1v) is 8.44. The molecule has 2 aromatic heterocycles. The number of hydrogen-bond acceptors (Lipinski definition) is 6. The van der Waals surface area contributed by atoms with E-state index in [1.165, 1.54) is 7.11 Å². The van der Waals surface area contributed by atoms with Crippen molar-refractivity contribution >= 4 is 34.8 Å². The molecule has 0 radical (unpaired) electrons. The molecule has 3 aromatic rings. The second-order valence-corrected chi connectivity index (χ2v) is 6.53. The molecule has 128 valence electrons. The summed E-state index contributed by atoms with van der Waals surface area (Å²) in [6.07, 6.45) is 5.54. The number of aromatic amines is 1. The number of anilines is 2. The Labute approximate surface area is 153 Å². The van der Waals surface area contributed by atoms with Crippen LogP contribution >= 0.6 is 23.2 Å². The number of ether oxygens (including phenoxy) is 1. The molecular weight excluding hydrogens is 363 g/mol. The summed E-state index contributed by atoms with van der Waals surface area (Å²) in [5, 5.41) is 11.2. The molecule has 0 spiro atoms. The average molecular weight is 377 g/mol. The van der Waals surface area contributed by atoms with Crippen molar-refractivity contribution in [1.29, 1.82) is 0 Å². The number of nitrogens with one attached hydrogen (secondary N) is 2. The summed E-state index contributed by atoms with van der Waals surface area (Å²) >= 11 is 12.8. The maximum atomic E-state index is 6.41. The largest absolute Gasteiger partial charge is 0.467 e. The van der Waals surface area contributed by atoms with Gasteiger partial charge in [-0.05, 0) is 25.0 Å². The zero-order valence-corrected chi connectivity index (χ0v) is 14.8. The van der Waals surface area contributed by atoms with Crippen molar-refractivity contribution in [2.75, 3.05) is 12.4 Å². The number of aromatic nitrogens is 5. The second kappa shape index (κ2) is 6.50. The summed E-state index contributed by atoms with van der Waals surface area (Å²) in [4.78, 5) is 12.6. The van der Waals surface area contributed by atoms with Gasteiger partial charge in [0.25, 0.3) is 0 Å². The van der Waals surface area contributed by atoms with Crippen LogP contribution in [0.4, 0.5) is 11.6 Å². The lowest BCUT2D eigenvalue weighted by Crippen LogP contribution is -1.95. The monoisotopic (exact) mass is 376 g/mol. The highest BCUT2D eigenvalue weighted by Gasteiger charge is 2.27. The molecule has 2 heterocycles. The number of hydrogen-bond donors (Lipinski definition) is 2. The Balaban J connectivity index is 1.60. The summed E-state index contributed by atoms with van der Waals surface area (Å²) in [6, 6.07) is 3.81. The molecule has 4 rings (SSSR count). The molecule has 0 saturated heterocycles. The van der Waals surface area contributed by atoms with E-state index in [2.05, 4.69) is 30.5 Å². The van der Waals surface area contributed by atoms with Gasteiger partial charge in [-0.1, -0.05) is 23.2 Å². The van der Waals surface area contributed by atoms with Gasteiger partial charge in [0.15, 0.2) is 0 Å². The molecular formula is C16H14Cl2N6O. The van der Waals surface area contributed by atoms with Crippen molar-refractivity contribution in [3.63, 3.8) is 0 Å². The summed E-state index contributed by atoms with van der Waals surface area (Å²) in [6.45, 7) is 0. The molecule has 1 saturated carbocycles. The molecule has 9 heteroatoms. The third-order valence-corrected chi connectivity index (χ3v) is 4.46. The summed E-state index contributed by atoms with van der Waals surface area (Å²) in [5.41, 5.74) is 2.07. The number of benzene rings is 1. The van der Waals surface area contributed by atoms with Gasteiger partial charge < -0.3 is 10.1 Å². The first-order chi connectivity index (χ1) is 12.1. The predicted octanol–water partition coefficient (Wildman–Crippen LogP) is 4.20. The Morgan fingerprint density at radius 2 is 1.84 bits per heavy atom.